The van der Waals surface area contributed by atoms with Gasteiger partial charge in [0.2, 0.25) is 10.0 Å². The van der Waals surface area contributed by atoms with E-state index in [1.54, 1.807) is 12.4 Å². The highest BCUT2D eigenvalue weighted by molar-refractivity contribution is 7.89. The molecule has 0 bridgehead atoms. The van der Waals surface area contributed by atoms with E-state index in [1.165, 1.54) is 0 Å². The Morgan fingerprint density at radius 3 is 2.61 bits per heavy atom. The van der Waals surface area contributed by atoms with Gasteiger partial charge in [-0.15, -0.1) is 0 Å². The van der Waals surface area contributed by atoms with Gasteiger partial charge >= 0.3 is 0 Å². The van der Waals surface area contributed by atoms with Gasteiger partial charge in [0.1, 0.15) is 0 Å². The molecule has 0 aliphatic rings. The van der Waals surface area contributed by atoms with Gasteiger partial charge in [-0.3, -0.25) is 4.98 Å². The van der Waals surface area contributed by atoms with Gasteiger partial charge in [0, 0.05) is 18.4 Å². The van der Waals surface area contributed by atoms with Crippen LogP contribution in [0.5, 0.6) is 0 Å². The fraction of sp³-hybridized carbons (Fsp3) is 0.583. The lowest BCUT2D eigenvalue weighted by Gasteiger charge is -2.16. The van der Waals surface area contributed by atoms with Gasteiger partial charge in [0.05, 0.1) is 5.75 Å². The second-order valence-corrected chi connectivity index (χ2v) is 6.10. The van der Waals surface area contributed by atoms with Gasteiger partial charge in [0.25, 0.3) is 0 Å². The van der Waals surface area contributed by atoms with Crippen molar-refractivity contribution >= 4 is 10.0 Å². The van der Waals surface area contributed by atoms with Crippen molar-refractivity contribution in [2.45, 2.75) is 32.2 Å². The molecule has 0 saturated heterocycles. The number of nitrogens with one attached hydrogen (secondary N) is 1. The summed E-state index contributed by atoms with van der Waals surface area (Å²) in [4.78, 5) is 3.90. The fourth-order valence-corrected chi connectivity index (χ4v) is 3.08. The first kappa shape index (κ1) is 15.1. The number of pyridine rings is 1. The predicted octanol–water partition coefficient (Wildman–Crippen LogP) is 0.671. The van der Waals surface area contributed by atoms with Crippen LogP contribution >= 0.6 is 0 Å². The highest BCUT2D eigenvalue weighted by Crippen LogP contribution is 2.03. The second-order valence-electron chi connectivity index (χ2n) is 4.22. The molecule has 1 unspecified atom stereocenters. The lowest BCUT2D eigenvalue weighted by atomic mass is 10.2. The highest BCUT2D eigenvalue weighted by atomic mass is 32.2. The van der Waals surface area contributed by atoms with Gasteiger partial charge in [-0.25, -0.2) is 13.1 Å². The molecule has 102 valence electrons. The maximum Gasteiger partial charge on any atom is 0.212 e. The zero-order valence-electron chi connectivity index (χ0n) is 10.7. The van der Waals surface area contributed by atoms with E-state index >= 15 is 0 Å². The van der Waals surface area contributed by atoms with Gasteiger partial charge in [-0.2, -0.15) is 0 Å². The molecule has 6 heteroatoms. The van der Waals surface area contributed by atoms with Crippen molar-refractivity contribution < 1.29 is 8.42 Å². The van der Waals surface area contributed by atoms with Crippen LogP contribution < -0.4 is 10.5 Å². The molecule has 0 aliphatic heterocycles. The summed E-state index contributed by atoms with van der Waals surface area (Å²) >= 11 is 0. The van der Waals surface area contributed by atoms with Crippen LogP contribution in [-0.4, -0.2) is 31.7 Å². The van der Waals surface area contributed by atoms with Crippen molar-refractivity contribution in [3.05, 3.63) is 30.1 Å². The average molecular weight is 271 g/mol. The van der Waals surface area contributed by atoms with Crippen LogP contribution in [0.2, 0.25) is 0 Å². The average Bonchev–Trinajstić information content (AvgIpc) is 2.37. The molecule has 18 heavy (non-hydrogen) atoms. The smallest absolute Gasteiger partial charge is 0.212 e. The number of hydrogen-bond acceptors (Lipinski definition) is 4. The Kier molecular flexibility index (Phi) is 6.24. The first-order valence-corrected chi connectivity index (χ1v) is 7.81. The topological polar surface area (TPSA) is 85.1 Å². The van der Waals surface area contributed by atoms with E-state index in [2.05, 4.69) is 9.71 Å². The third kappa shape index (κ3) is 5.57. The largest absolute Gasteiger partial charge is 0.330 e. The van der Waals surface area contributed by atoms with E-state index in [0.717, 1.165) is 12.0 Å². The molecular formula is C12H21N3O2S. The molecule has 0 saturated carbocycles. The molecule has 5 nitrogen and oxygen atoms in total. The minimum absolute atomic E-state index is 0.0579. The highest BCUT2D eigenvalue weighted by Gasteiger charge is 2.15. The molecule has 1 aromatic rings. The lowest BCUT2D eigenvalue weighted by Crippen LogP contribution is -2.37. The van der Waals surface area contributed by atoms with Crippen LogP contribution in [0, 0.1) is 0 Å². The summed E-state index contributed by atoms with van der Waals surface area (Å²) < 4.78 is 26.5. The first-order chi connectivity index (χ1) is 8.57. The molecule has 1 atom stereocenters. The summed E-state index contributed by atoms with van der Waals surface area (Å²) in [6.45, 7) is 2.44. The lowest BCUT2D eigenvalue weighted by molar-refractivity contribution is 0.520. The van der Waals surface area contributed by atoms with Crippen molar-refractivity contribution in [2.24, 2.45) is 5.73 Å². The molecule has 0 spiro atoms. The van der Waals surface area contributed by atoms with Crippen molar-refractivity contribution in [1.29, 1.82) is 0 Å². The first-order valence-electron chi connectivity index (χ1n) is 6.16. The maximum atomic E-state index is 11.9. The van der Waals surface area contributed by atoms with Gasteiger partial charge in [-0.05, 0) is 43.5 Å². The summed E-state index contributed by atoms with van der Waals surface area (Å²) in [7, 11) is -3.24. The van der Waals surface area contributed by atoms with Gasteiger partial charge < -0.3 is 5.73 Å². The quantitative estimate of drug-likeness (QED) is 0.728. The molecule has 1 rings (SSSR count). The monoisotopic (exact) mass is 271 g/mol. The second kappa shape index (κ2) is 7.45. The van der Waals surface area contributed by atoms with E-state index < -0.39 is 10.0 Å². The van der Waals surface area contributed by atoms with Crippen LogP contribution in [-0.2, 0) is 16.4 Å². The standard InChI is InChI=1S/C12H21N3O2S/c1-2-12(3-7-13)15-18(16,17)10-6-11-4-8-14-9-5-11/h4-5,8-9,12,15H,2-3,6-7,10,13H2,1H3. The number of sulfonamides is 1. The zero-order valence-corrected chi connectivity index (χ0v) is 11.5. The molecule has 0 amide bonds. The van der Waals surface area contributed by atoms with Crippen molar-refractivity contribution in [3.63, 3.8) is 0 Å². The van der Waals surface area contributed by atoms with Crippen LogP contribution in [0.3, 0.4) is 0 Å². The Balaban J connectivity index is 2.49. The Labute approximate surface area is 109 Å². The molecule has 1 heterocycles. The molecule has 1 aromatic heterocycles. The van der Waals surface area contributed by atoms with E-state index in [0.29, 0.717) is 19.4 Å². The Bertz CT molecular complexity index is 434. The molecule has 0 aliphatic carbocycles. The van der Waals surface area contributed by atoms with Gasteiger partial charge in [-0.1, -0.05) is 6.92 Å². The van der Waals surface area contributed by atoms with Gasteiger partial charge in [0.15, 0.2) is 0 Å². The Morgan fingerprint density at radius 1 is 1.39 bits per heavy atom. The molecule has 0 fully saturated rings. The molecule has 3 N–H and O–H groups in total. The molecule has 0 aromatic carbocycles. The number of nitrogens with two attached hydrogens (primary N) is 1. The minimum Gasteiger partial charge on any atom is -0.330 e. The number of aryl methyl sites for hydroxylation is 1. The summed E-state index contributed by atoms with van der Waals surface area (Å²) in [6, 6.07) is 3.59. The third-order valence-electron chi connectivity index (χ3n) is 2.76. The minimum atomic E-state index is -3.24. The molecule has 0 radical (unpaired) electrons. The van der Waals surface area contributed by atoms with E-state index in [1.807, 2.05) is 19.1 Å². The van der Waals surface area contributed by atoms with Crippen molar-refractivity contribution in [3.8, 4) is 0 Å². The fourth-order valence-electron chi connectivity index (χ4n) is 1.66. The maximum absolute atomic E-state index is 11.9. The van der Waals surface area contributed by atoms with E-state index in [9.17, 15) is 8.42 Å². The summed E-state index contributed by atoms with van der Waals surface area (Å²) in [6.07, 6.45) is 5.25. The SMILES string of the molecule is CCC(CCN)NS(=O)(=O)CCc1ccncc1. The summed E-state index contributed by atoms with van der Waals surface area (Å²) in [5.41, 5.74) is 6.42. The molecular weight excluding hydrogens is 250 g/mol. The Morgan fingerprint density at radius 2 is 2.06 bits per heavy atom. The normalized spacial score (nSPS) is 13.4. The van der Waals surface area contributed by atoms with Crippen molar-refractivity contribution in [2.75, 3.05) is 12.3 Å². The predicted molar refractivity (Wildman–Crippen MR) is 72.6 cm³/mol. The number of aromatic nitrogens is 1. The van der Waals surface area contributed by atoms with Crippen LogP contribution in [0.1, 0.15) is 25.3 Å². The third-order valence-corrected chi connectivity index (χ3v) is 4.20. The zero-order chi connectivity index (χ0) is 13.4. The summed E-state index contributed by atoms with van der Waals surface area (Å²) in [5, 5.41) is 0. The van der Waals surface area contributed by atoms with E-state index in [-0.39, 0.29) is 11.8 Å². The number of rotatable bonds is 8. The summed E-state index contributed by atoms with van der Waals surface area (Å²) in [5.74, 6) is 0.0953. The van der Waals surface area contributed by atoms with Crippen molar-refractivity contribution in [1.82, 2.24) is 9.71 Å². The number of nitrogens with zero attached hydrogens (tertiary/aromatic N) is 1. The van der Waals surface area contributed by atoms with E-state index in [4.69, 9.17) is 5.73 Å². The number of hydrogen-bond donors (Lipinski definition) is 2. The van der Waals surface area contributed by atoms with Crippen LogP contribution in [0.15, 0.2) is 24.5 Å². The van der Waals surface area contributed by atoms with Crippen LogP contribution in [0.25, 0.3) is 0 Å². The Hall–Kier alpha value is -0.980. The van der Waals surface area contributed by atoms with Crippen LogP contribution in [0.4, 0.5) is 0 Å².